The molecule has 2 atom stereocenters. The van der Waals surface area contributed by atoms with Crippen molar-refractivity contribution in [1.29, 1.82) is 0 Å². The second-order valence-electron chi connectivity index (χ2n) is 6.13. The minimum absolute atomic E-state index is 0.0719. The molecule has 1 saturated heterocycles. The van der Waals surface area contributed by atoms with Gasteiger partial charge in [-0.2, -0.15) is 0 Å². The predicted molar refractivity (Wildman–Crippen MR) is 90.7 cm³/mol. The van der Waals surface area contributed by atoms with Gasteiger partial charge in [0.05, 0.1) is 6.61 Å². The molecule has 1 heterocycles. The smallest absolute Gasteiger partial charge is 0.156 e. The van der Waals surface area contributed by atoms with Gasteiger partial charge < -0.3 is 4.74 Å². The molecule has 0 N–H and O–H groups in total. The first kappa shape index (κ1) is 14.2. The van der Waals surface area contributed by atoms with Crippen molar-refractivity contribution < 1.29 is 9.53 Å². The molecule has 23 heavy (non-hydrogen) atoms. The molecule has 0 saturated carbocycles. The second-order valence-corrected chi connectivity index (χ2v) is 6.13. The average molecular weight is 302 g/mol. The van der Waals surface area contributed by atoms with E-state index in [0.29, 0.717) is 13.0 Å². The van der Waals surface area contributed by atoms with Gasteiger partial charge in [-0.1, -0.05) is 66.7 Å². The predicted octanol–water partition coefficient (Wildman–Crippen LogP) is 4.14. The summed E-state index contributed by atoms with van der Waals surface area (Å²) in [5.41, 5.74) is 2.95. The molecule has 4 rings (SSSR count). The van der Waals surface area contributed by atoms with E-state index in [0.717, 1.165) is 11.1 Å². The van der Waals surface area contributed by atoms with E-state index in [1.165, 1.54) is 5.57 Å². The Labute approximate surface area is 136 Å². The number of carbonyl (C=O) groups excluding carboxylic acids is 1. The molecule has 0 amide bonds. The first-order chi connectivity index (χ1) is 11.3. The molecule has 2 heteroatoms. The van der Waals surface area contributed by atoms with Gasteiger partial charge in [-0.15, -0.1) is 0 Å². The molecule has 0 bridgehead atoms. The molecule has 2 nitrogen and oxygen atoms in total. The van der Waals surface area contributed by atoms with Crippen LogP contribution in [0, 0.1) is 5.92 Å². The summed E-state index contributed by atoms with van der Waals surface area (Å²) in [7, 11) is 0. The van der Waals surface area contributed by atoms with Crippen molar-refractivity contribution in [2.45, 2.75) is 12.0 Å². The molecule has 1 fully saturated rings. The topological polar surface area (TPSA) is 26.3 Å². The van der Waals surface area contributed by atoms with Gasteiger partial charge in [-0.05, 0) is 28.9 Å². The summed E-state index contributed by atoms with van der Waals surface area (Å²) < 4.78 is 6.26. The lowest BCUT2D eigenvalue weighted by Crippen LogP contribution is -2.35. The zero-order valence-electron chi connectivity index (χ0n) is 12.8. The highest BCUT2D eigenvalue weighted by Crippen LogP contribution is 2.49. The summed E-state index contributed by atoms with van der Waals surface area (Å²) in [5, 5.41) is 0. The van der Waals surface area contributed by atoms with Crippen molar-refractivity contribution >= 4 is 11.9 Å². The maximum atomic E-state index is 12.0. The highest BCUT2D eigenvalue weighted by molar-refractivity contribution is 5.92. The van der Waals surface area contributed by atoms with Gasteiger partial charge in [0.25, 0.3) is 0 Å². The molecule has 2 aromatic rings. The van der Waals surface area contributed by atoms with Gasteiger partial charge >= 0.3 is 0 Å². The number of allylic oxidation sites excluding steroid dienone is 1. The number of hydrogen-bond acceptors (Lipinski definition) is 2. The van der Waals surface area contributed by atoms with E-state index in [1.807, 2.05) is 42.5 Å². The van der Waals surface area contributed by atoms with E-state index in [-0.39, 0.29) is 11.7 Å². The van der Waals surface area contributed by atoms with Crippen LogP contribution >= 0.6 is 0 Å². The molecule has 2 aromatic carbocycles. The zero-order valence-corrected chi connectivity index (χ0v) is 12.8. The number of hydrogen-bond donors (Lipinski definition) is 0. The normalized spacial score (nSPS) is 28.1. The van der Waals surface area contributed by atoms with Crippen LogP contribution in [0.25, 0.3) is 6.08 Å². The second kappa shape index (κ2) is 5.64. The Kier molecular flexibility index (Phi) is 3.47. The van der Waals surface area contributed by atoms with Crippen LogP contribution in [0.1, 0.15) is 17.5 Å². The van der Waals surface area contributed by atoms with E-state index in [2.05, 4.69) is 30.3 Å². The number of ether oxygens (including phenoxy) is 1. The SMILES string of the molecule is O=C1C=CC2(c3ccccc3)OCC(=Cc3ccccc3)C2C1. The first-order valence-electron chi connectivity index (χ1n) is 7.95. The number of rotatable bonds is 2. The van der Waals surface area contributed by atoms with Crippen molar-refractivity contribution in [1.82, 2.24) is 0 Å². The number of fused-ring (bicyclic) bond motifs is 1. The number of carbonyl (C=O) groups is 1. The highest BCUT2D eigenvalue weighted by Gasteiger charge is 2.48. The lowest BCUT2D eigenvalue weighted by molar-refractivity contribution is -0.117. The Morgan fingerprint density at radius 2 is 1.70 bits per heavy atom. The number of benzene rings is 2. The minimum Gasteiger partial charge on any atom is -0.361 e. The molecule has 0 radical (unpaired) electrons. The number of ketones is 1. The fraction of sp³-hybridized carbons (Fsp3) is 0.190. The zero-order chi connectivity index (χ0) is 15.7. The van der Waals surface area contributed by atoms with Gasteiger partial charge in [0, 0.05) is 12.3 Å². The third kappa shape index (κ3) is 2.45. The molecule has 2 unspecified atom stereocenters. The van der Waals surface area contributed by atoms with Crippen molar-refractivity contribution in [3.05, 3.63) is 89.5 Å². The summed E-state index contributed by atoms with van der Waals surface area (Å²) in [6.45, 7) is 0.562. The maximum absolute atomic E-state index is 12.0. The van der Waals surface area contributed by atoms with Crippen molar-refractivity contribution in [3.63, 3.8) is 0 Å². The minimum atomic E-state index is -0.504. The highest BCUT2D eigenvalue weighted by atomic mass is 16.5. The van der Waals surface area contributed by atoms with Crippen LogP contribution in [0.2, 0.25) is 0 Å². The van der Waals surface area contributed by atoms with Crippen molar-refractivity contribution in [2.75, 3.05) is 6.61 Å². The lowest BCUT2D eigenvalue weighted by atomic mass is 9.73. The third-order valence-corrected chi connectivity index (χ3v) is 4.74. The summed E-state index contributed by atoms with van der Waals surface area (Å²) in [6.07, 6.45) is 6.30. The summed E-state index contributed by atoms with van der Waals surface area (Å²) in [6, 6.07) is 20.4. The van der Waals surface area contributed by atoms with Crippen molar-refractivity contribution in [3.8, 4) is 0 Å². The molecule has 114 valence electrons. The van der Waals surface area contributed by atoms with Gasteiger partial charge in [-0.25, -0.2) is 0 Å². The Bertz CT molecular complexity index is 774. The molecular formula is C21H18O2. The van der Waals surface area contributed by atoms with Crippen LogP contribution in [0.4, 0.5) is 0 Å². The Hall–Kier alpha value is -2.45. The first-order valence-corrected chi connectivity index (χ1v) is 7.95. The van der Waals surface area contributed by atoms with Gasteiger partial charge in [0.2, 0.25) is 0 Å². The van der Waals surface area contributed by atoms with Gasteiger partial charge in [-0.3, -0.25) is 4.79 Å². The van der Waals surface area contributed by atoms with Crippen LogP contribution in [-0.2, 0) is 15.1 Å². The molecule has 1 aliphatic heterocycles. The van der Waals surface area contributed by atoms with Crippen LogP contribution in [0.3, 0.4) is 0 Å². The molecular weight excluding hydrogens is 284 g/mol. The standard InChI is InChI=1S/C21H18O2/c22-19-11-12-21(18-9-5-2-6-10-18)20(14-19)17(15-23-21)13-16-7-3-1-4-8-16/h1-13,20H,14-15H2. The molecule has 2 aliphatic rings. The van der Waals surface area contributed by atoms with Gasteiger partial charge in [0.15, 0.2) is 5.78 Å². The monoisotopic (exact) mass is 302 g/mol. The average Bonchev–Trinajstić information content (AvgIpc) is 2.96. The fourth-order valence-electron chi connectivity index (χ4n) is 3.60. The summed E-state index contributed by atoms with van der Waals surface area (Å²) >= 11 is 0. The maximum Gasteiger partial charge on any atom is 0.156 e. The molecule has 1 aliphatic carbocycles. The van der Waals surface area contributed by atoms with E-state index in [4.69, 9.17) is 4.74 Å². The van der Waals surface area contributed by atoms with Crippen LogP contribution in [-0.4, -0.2) is 12.4 Å². The quantitative estimate of drug-likeness (QED) is 0.833. The van der Waals surface area contributed by atoms with E-state index >= 15 is 0 Å². The van der Waals surface area contributed by atoms with E-state index < -0.39 is 5.60 Å². The fourth-order valence-corrected chi connectivity index (χ4v) is 3.60. The van der Waals surface area contributed by atoms with E-state index in [9.17, 15) is 4.79 Å². The summed E-state index contributed by atoms with van der Waals surface area (Å²) in [4.78, 5) is 12.0. The van der Waals surface area contributed by atoms with Crippen molar-refractivity contribution in [2.24, 2.45) is 5.92 Å². The Morgan fingerprint density at radius 3 is 2.43 bits per heavy atom. The third-order valence-electron chi connectivity index (χ3n) is 4.74. The molecule has 0 aromatic heterocycles. The lowest BCUT2D eigenvalue weighted by Gasteiger charge is -2.34. The van der Waals surface area contributed by atoms with Crippen LogP contribution in [0.15, 0.2) is 78.4 Å². The Morgan fingerprint density at radius 1 is 1.00 bits per heavy atom. The summed E-state index contributed by atoms with van der Waals surface area (Å²) in [5.74, 6) is 0.244. The van der Waals surface area contributed by atoms with Gasteiger partial charge in [0.1, 0.15) is 5.60 Å². The van der Waals surface area contributed by atoms with Crippen LogP contribution in [0.5, 0.6) is 0 Å². The molecule has 0 spiro atoms. The van der Waals surface area contributed by atoms with Crippen LogP contribution < -0.4 is 0 Å². The largest absolute Gasteiger partial charge is 0.361 e. The van der Waals surface area contributed by atoms with E-state index in [1.54, 1.807) is 6.08 Å². The Balaban J connectivity index is 1.79.